The van der Waals surface area contributed by atoms with Crippen molar-refractivity contribution in [3.63, 3.8) is 0 Å². The number of benzene rings is 1. The Morgan fingerprint density at radius 3 is 3.00 bits per heavy atom. The third-order valence-electron chi connectivity index (χ3n) is 2.39. The highest BCUT2D eigenvalue weighted by atomic mass is 32.2. The second-order valence-electron chi connectivity index (χ2n) is 3.61. The molecule has 1 aliphatic rings. The van der Waals surface area contributed by atoms with Crippen LogP contribution in [-0.2, 0) is 4.74 Å². The molecule has 76 valence electrons. The zero-order chi connectivity index (χ0) is 10.1. The van der Waals surface area contributed by atoms with Gasteiger partial charge in [0.1, 0.15) is 0 Å². The van der Waals surface area contributed by atoms with Gasteiger partial charge in [-0.15, -0.1) is 11.8 Å². The van der Waals surface area contributed by atoms with E-state index in [0.717, 1.165) is 22.9 Å². The summed E-state index contributed by atoms with van der Waals surface area (Å²) >= 11 is 1.77. The third kappa shape index (κ3) is 2.13. The molecule has 0 spiro atoms. The first kappa shape index (κ1) is 9.19. The molecule has 0 amide bonds. The van der Waals surface area contributed by atoms with Crippen LogP contribution in [0, 0.1) is 0 Å². The molecule has 2 heterocycles. The molecular formula is C12H11NOS. The fourth-order valence-electron chi connectivity index (χ4n) is 1.47. The molecule has 1 aliphatic heterocycles. The number of rotatable bonds is 3. The van der Waals surface area contributed by atoms with Crippen molar-refractivity contribution in [2.24, 2.45) is 0 Å². The molecule has 1 aromatic carbocycles. The lowest BCUT2D eigenvalue weighted by Crippen LogP contribution is -1.90. The van der Waals surface area contributed by atoms with Crippen LogP contribution < -0.4 is 0 Å². The average molecular weight is 217 g/mol. The van der Waals surface area contributed by atoms with Crippen LogP contribution in [0.1, 0.15) is 0 Å². The topological polar surface area (TPSA) is 25.4 Å². The lowest BCUT2D eigenvalue weighted by atomic mass is 10.2. The summed E-state index contributed by atoms with van der Waals surface area (Å²) in [6, 6.07) is 12.4. The van der Waals surface area contributed by atoms with Crippen LogP contribution in [0.25, 0.3) is 10.9 Å². The zero-order valence-electron chi connectivity index (χ0n) is 8.22. The Balaban J connectivity index is 1.84. The minimum Gasteiger partial charge on any atom is -0.372 e. The third-order valence-corrected chi connectivity index (χ3v) is 3.45. The van der Waals surface area contributed by atoms with E-state index in [2.05, 4.69) is 23.2 Å². The highest BCUT2D eigenvalue weighted by molar-refractivity contribution is 7.99. The van der Waals surface area contributed by atoms with Crippen molar-refractivity contribution in [2.45, 2.75) is 11.1 Å². The van der Waals surface area contributed by atoms with Crippen LogP contribution in [0.4, 0.5) is 0 Å². The molecular weight excluding hydrogens is 206 g/mol. The van der Waals surface area contributed by atoms with E-state index in [-0.39, 0.29) is 0 Å². The van der Waals surface area contributed by atoms with E-state index >= 15 is 0 Å². The van der Waals surface area contributed by atoms with Crippen molar-refractivity contribution >= 4 is 22.7 Å². The number of epoxide rings is 1. The van der Waals surface area contributed by atoms with Gasteiger partial charge in [0.25, 0.3) is 0 Å². The Kier molecular flexibility index (Phi) is 2.35. The molecule has 0 bridgehead atoms. The van der Waals surface area contributed by atoms with Crippen molar-refractivity contribution in [3.05, 3.63) is 36.4 Å². The predicted octanol–water partition coefficient (Wildman–Crippen LogP) is 2.73. The minimum atomic E-state index is 0.461. The standard InChI is InChI=1S/C12H11NOS/c1-2-4-11-9(3-1)5-6-12(13-11)15-8-10-7-14-10/h1-6,10H,7-8H2/t10-/m0/s1. The maximum absolute atomic E-state index is 5.17. The van der Waals surface area contributed by atoms with Crippen molar-refractivity contribution in [2.75, 3.05) is 12.4 Å². The van der Waals surface area contributed by atoms with E-state index in [1.807, 2.05) is 18.2 Å². The monoisotopic (exact) mass is 217 g/mol. The van der Waals surface area contributed by atoms with Gasteiger partial charge in [-0.2, -0.15) is 0 Å². The summed E-state index contributed by atoms with van der Waals surface area (Å²) in [4.78, 5) is 4.58. The van der Waals surface area contributed by atoms with Gasteiger partial charge in [0.2, 0.25) is 0 Å². The summed E-state index contributed by atoms with van der Waals surface area (Å²) in [7, 11) is 0. The summed E-state index contributed by atoms with van der Waals surface area (Å²) in [6.45, 7) is 0.917. The predicted molar refractivity (Wildman–Crippen MR) is 62.2 cm³/mol. The lowest BCUT2D eigenvalue weighted by Gasteiger charge is -2.00. The van der Waals surface area contributed by atoms with E-state index in [1.165, 1.54) is 5.39 Å². The molecule has 2 nitrogen and oxygen atoms in total. The van der Waals surface area contributed by atoms with E-state index in [0.29, 0.717) is 6.10 Å². The Labute approximate surface area is 92.7 Å². The maximum Gasteiger partial charge on any atom is 0.0968 e. The van der Waals surface area contributed by atoms with Gasteiger partial charge in [-0.05, 0) is 12.1 Å². The number of pyridine rings is 1. The molecule has 1 fully saturated rings. The van der Waals surface area contributed by atoms with Crippen LogP contribution in [0.3, 0.4) is 0 Å². The second-order valence-corrected chi connectivity index (χ2v) is 4.65. The smallest absolute Gasteiger partial charge is 0.0968 e. The first-order valence-electron chi connectivity index (χ1n) is 5.02. The van der Waals surface area contributed by atoms with Gasteiger partial charge in [-0.1, -0.05) is 24.3 Å². The quantitative estimate of drug-likeness (QED) is 0.584. The number of ether oxygens (including phenoxy) is 1. The van der Waals surface area contributed by atoms with Crippen LogP contribution in [0.15, 0.2) is 41.4 Å². The number of aromatic nitrogens is 1. The van der Waals surface area contributed by atoms with Gasteiger partial charge in [-0.25, -0.2) is 4.98 Å². The first-order chi connectivity index (χ1) is 7.42. The zero-order valence-corrected chi connectivity index (χ0v) is 9.04. The fraction of sp³-hybridized carbons (Fsp3) is 0.250. The van der Waals surface area contributed by atoms with Crippen molar-refractivity contribution in [3.8, 4) is 0 Å². The summed E-state index contributed by atoms with van der Waals surface area (Å²) < 4.78 is 5.17. The van der Waals surface area contributed by atoms with E-state index in [1.54, 1.807) is 11.8 Å². The van der Waals surface area contributed by atoms with Gasteiger partial charge in [-0.3, -0.25) is 0 Å². The van der Waals surface area contributed by atoms with Crippen molar-refractivity contribution in [1.82, 2.24) is 4.98 Å². The van der Waals surface area contributed by atoms with Crippen LogP contribution in [0.5, 0.6) is 0 Å². The molecule has 15 heavy (non-hydrogen) atoms. The number of thioether (sulfide) groups is 1. The molecule has 0 N–H and O–H groups in total. The van der Waals surface area contributed by atoms with Crippen LogP contribution in [-0.4, -0.2) is 23.4 Å². The highest BCUT2D eigenvalue weighted by Crippen LogP contribution is 2.24. The molecule has 3 heteroatoms. The molecule has 2 aromatic rings. The number of para-hydroxylation sites is 1. The second kappa shape index (κ2) is 3.83. The molecule has 0 saturated carbocycles. The van der Waals surface area contributed by atoms with Gasteiger partial charge in [0.05, 0.1) is 23.3 Å². The van der Waals surface area contributed by atoms with Gasteiger partial charge in [0.15, 0.2) is 0 Å². The largest absolute Gasteiger partial charge is 0.372 e. The van der Waals surface area contributed by atoms with E-state index in [4.69, 9.17) is 4.74 Å². The summed E-state index contributed by atoms with van der Waals surface area (Å²) in [5, 5.41) is 2.29. The number of nitrogens with zero attached hydrogens (tertiary/aromatic N) is 1. The molecule has 0 radical (unpaired) electrons. The van der Waals surface area contributed by atoms with Gasteiger partial charge >= 0.3 is 0 Å². The number of hydrogen-bond donors (Lipinski definition) is 0. The molecule has 1 atom stereocenters. The Morgan fingerprint density at radius 1 is 1.27 bits per heavy atom. The Hall–Kier alpha value is -1.06. The average Bonchev–Trinajstić information content (AvgIpc) is 3.10. The Morgan fingerprint density at radius 2 is 2.13 bits per heavy atom. The molecule has 1 saturated heterocycles. The molecule has 3 rings (SSSR count). The van der Waals surface area contributed by atoms with Crippen LogP contribution in [0.2, 0.25) is 0 Å². The minimum absolute atomic E-state index is 0.461. The Bertz CT molecular complexity index is 482. The summed E-state index contributed by atoms with van der Waals surface area (Å²) in [6.07, 6.45) is 0.461. The van der Waals surface area contributed by atoms with Crippen LogP contribution >= 0.6 is 11.8 Å². The van der Waals surface area contributed by atoms with E-state index in [9.17, 15) is 0 Å². The summed E-state index contributed by atoms with van der Waals surface area (Å²) in [5.74, 6) is 1.02. The van der Waals surface area contributed by atoms with Gasteiger partial charge in [0, 0.05) is 11.1 Å². The van der Waals surface area contributed by atoms with Crippen molar-refractivity contribution in [1.29, 1.82) is 0 Å². The number of hydrogen-bond acceptors (Lipinski definition) is 3. The first-order valence-corrected chi connectivity index (χ1v) is 6.00. The molecule has 0 aliphatic carbocycles. The summed E-state index contributed by atoms with van der Waals surface area (Å²) in [5.41, 5.74) is 1.07. The highest BCUT2D eigenvalue weighted by Gasteiger charge is 2.22. The van der Waals surface area contributed by atoms with Crippen molar-refractivity contribution < 1.29 is 4.74 Å². The normalized spacial score (nSPS) is 19.3. The van der Waals surface area contributed by atoms with Gasteiger partial charge < -0.3 is 4.74 Å². The fourth-order valence-corrected chi connectivity index (χ4v) is 2.35. The lowest BCUT2D eigenvalue weighted by molar-refractivity contribution is 0.426. The SMILES string of the molecule is c1ccc2nc(SC[C@@H]3CO3)ccc2c1. The molecule has 1 aromatic heterocycles. The van der Waals surface area contributed by atoms with E-state index < -0.39 is 0 Å². The number of fused-ring (bicyclic) bond motifs is 1. The maximum atomic E-state index is 5.17. The molecule has 0 unspecified atom stereocenters.